The normalized spacial score (nSPS) is 18.1. The van der Waals surface area contributed by atoms with Crippen LogP contribution in [0.25, 0.3) is 11.3 Å². The molecule has 4 aliphatic rings. The molecule has 2 saturated heterocycles. The van der Waals surface area contributed by atoms with Gasteiger partial charge in [-0.2, -0.15) is 0 Å². The first-order chi connectivity index (χ1) is 26.0. The molecule has 5 heterocycles. The smallest absolute Gasteiger partial charge is 0.300 e. The Hall–Kier alpha value is -5.42. The molecule has 0 saturated carbocycles. The fourth-order valence-electron chi connectivity index (χ4n) is 8.35. The zero-order chi connectivity index (χ0) is 37.7. The molecule has 54 heavy (non-hydrogen) atoms. The highest BCUT2D eigenvalue weighted by molar-refractivity contribution is 6.07. The maximum absolute atomic E-state index is 14.0. The summed E-state index contributed by atoms with van der Waals surface area (Å²) in [5, 5.41) is 16.9. The Morgan fingerprint density at radius 3 is 2.54 bits per heavy atom. The molecular formula is C41H46N8O5. The van der Waals surface area contributed by atoms with Crippen molar-refractivity contribution in [1.82, 2.24) is 19.0 Å². The van der Waals surface area contributed by atoms with Gasteiger partial charge in [0.05, 0.1) is 48.6 Å². The third-order valence-corrected chi connectivity index (χ3v) is 11.1. The number of rotatable bonds is 8. The van der Waals surface area contributed by atoms with Crippen molar-refractivity contribution in [3.8, 4) is 23.1 Å². The van der Waals surface area contributed by atoms with Crippen LogP contribution in [-0.2, 0) is 42.6 Å². The van der Waals surface area contributed by atoms with E-state index in [2.05, 4.69) is 50.7 Å². The molecule has 0 spiro atoms. The number of aryl methyl sites for hydroxylation is 1. The summed E-state index contributed by atoms with van der Waals surface area (Å²) in [6, 6.07) is 13.6. The van der Waals surface area contributed by atoms with Crippen LogP contribution in [0.5, 0.6) is 0 Å². The van der Waals surface area contributed by atoms with Crippen LogP contribution in [0.2, 0.25) is 0 Å². The first-order valence-corrected chi connectivity index (χ1v) is 18.6. The van der Waals surface area contributed by atoms with Crippen molar-refractivity contribution >= 4 is 40.4 Å². The number of carbonyl (C=O) groups excluding carboxylic acids is 2. The summed E-state index contributed by atoms with van der Waals surface area (Å²) in [4.78, 5) is 51.3. The molecule has 2 fully saturated rings. The average Bonchev–Trinajstić information content (AvgIpc) is 3.62. The summed E-state index contributed by atoms with van der Waals surface area (Å²) >= 11 is 0. The van der Waals surface area contributed by atoms with Gasteiger partial charge in [-0.05, 0) is 67.0 Å². The molecule has 2 amide bonds. The molecule has 2 aromatic heterocycles. The third-order valence-electron chi connectivity index (χ3n) is 11.1. The molecule has 0 bridgehead atoms. The number of aromatic nitrogens is 3. The summed E-state index contributed by atoms with van der Waals surface area (Å²) in [6.45, 7) is 11.8. The highest BCUT2D eigenvalue weighted by atomic mass is 16.5. The summed E-state index contributed by atoms with van der Waals surface area (Å²) in [5.74, 6) is 4.76. The lowest BCUT2D eigenvalue weighted by Crippen LogP contribution is -2.56. The molecule has 3 N–H and O–H groups in total. The zero-order valence-electron chi connectivity index (χ0n) is 31.2. The second-order valence-corrected chi connectivity index (χ2v) is 15.4. The van der Waals surface area contributed by atoms with Crippen molar-refractivity contribution < 1.29 is 19.4 Å². The number of nitrogens with zero attached hydrogens (tertiary/aromatic N) is 6. The van der Waals surface area contributed by atoms with Gasteiger partial charge in [0.1, 0.15) is 5.69 Å². The van der Waals surface area contributed by atoms with E-state index in [1.807, 2.05) is 36.4 Å². The van der Waals surface area contributed by atoms with Gasteiger partial charge in [0, 0.05) is 75.0 Å². The molecule has 0 atom stereocenters. The number of anilines is 5. The molecule has 2 aromatic carbocycles. The van der Waals surface area contributed by atoms with Gasteiger partial charge >= 0.3 is 0 Å². The molecular weight excluding hydrogens is 685 g/mol. The number of hydrogen-bond donors (Lipinski definition) is 3. The van der Waals surface area contributed by atoms with E-state index < -0.39 is 5.91 Å². The van der Waals surface area contributed by atoms with Crippen LogP contribution in [0, 0.1) is 17.3 Å². The first kappa shape index (κ1) is 35.6. The number of nitrogens with one attached hydrogen (secondary N) is 2. The fourth-order valence-corrected chi connectivity index (χ4v) is 8.35. The number of ether oxygens (including phenoxy) is 1. The van der Waals surface area contributed by atoms with Crippen LogP contribution >= 0.6 is 0 Å². The lowest BCUT2D eigenvalue weighted by Gasteiger charge is -2.43. The SMILES string of the molecule is CC#CC(=O)Nc1cc(Nc2nc(-c3cccc(N4CCn5c(cc6c5CC(C)(C)C6)C4=O)c3CO)cn(C)c2=O)ccc1N1CCN(C2COC2)CC1. The lowest BCUT2D eigenvalue weighted by molar-refractivity contribution is -0.111. The predicted molar refractivity (Wildman–Crippen MR) is 208 cm³/mol. The Morgan fingerprint density at radius 1 is 1.02 bits per heavy atom. The Balaban J connectivity index is 1.08. The van der Waals surface area contributed by atoms with Crippen molar-refractivity contribution in [1.29, 1.82) is 0 Å². The molecule has 8 rings (SSSR count). The first-order valence-electron chi connectivity index (χ1n) is 18.6. The summed E-state index contributed by atoms with van der Waals surface area (Å²) in [6.07, 6.45) is 3.53. The largest absolute Gasteiger partial charge is 0.392 e. The van der Waals surface area contributed by atoms with E-state index in [1.165, 1.54) is 15.8 Å². The molecule has 13 heteroatoms. The van der Waals surface area contributed by atoms with E-state index in [-0.39, 0.29) is 29.3 Å². The molecule has 0 radical (unpaired) electrons. The monoisotopic (exact) mass is 730 g/mol. The van der Waals surface area contributed by atoms with Gasteiger partial charge in [0.25, 0.3) is 17.4 Å². The molecule has 13 nitrogen and oxygen atoms in total. The zero-order valence-corrected chi connectivity index (χ0v) is 31.2. The topological polar surface area (TPSA) is 137 Å². The van der Waals surface area contributed by atoms with E-state index in [0.717, 1.165) is 57.9 Å². The second-order valence-electron chi connectivity index (χ2n) is 15.4. The fraction of sp³-hybridized carbons (Fsp3) is 0.415. The molecule has 3 aliphatic heterocycles. The van der Waals surface area contributed by atoms with Crippen LogP contribution < -0.4 is 26.0 Å². The number of benzene rings is 2. The average molecular weight is 731 g/mol. The molecule has 4 aromatic rings. The van der Waals surface area contributed by atoms with E-state index in [4.69, 9.17) is 9.72 Å². The number of fused-ring (bicyclic) bond motifs is 3. The van der Waals surface area contributed by atoms with E-state index in [9.17, 15) is 19.5 Å². The van der Waals surface area contributed by atoms with Crippen LogP contribution in [0.3, 0.4) is 0 Å². The lowest BCUT2D eigenvalue weighted by atomic mass is 9.90. The van der Waals surface area contributed by atoms with Crippen molar-refractivity contribution in [3.05, 3.63) is 81.5 Å². The number of piperazine rings is 1. The van der Waals surface area contributed by atoms with Crippen molar-refractivity contribution in [2.45, 2.75) is 52.8 Å². The van der Waals surface area contributed by atoms with E-state index in [0.29, 0.717) is 58.7 Å². The molecule has 280 valence electrons. The van der Waals surface area contributed by atoms with Gasteiger partial charge in [0.2, 0.25) is 0 Å². The summed E-state index contributed by atoms with van der Waals surface area (Å²) in [5.41, 5.74) is 7.23. The summed E-state index contributed by atoms with van der Waals surface area (Å²) in [7, 11) is 1.65. The van der Waals surface area contributed by atoms with Crippen LogP contribution in [0.1, 0.15) is 48.1 Å². The van der Waals surface area contributed by atoms with E-state index in [1.54, 1.807) is 31.1 Å². The van der Waals surface area contributed by atoms with Crippen molar-refractivity contribution in [3.63, 3.8) is 0 Å². The number of aliphatic hydroxyl groups excluding tert-OH is 1. The Morgan fingerprint density at radius 2 is 1.81 bits per heavy atom. The van der Waals surface area contributed by atoms with Gasteiger partial charge in [-0.15, -0.1) is 0 Å². The van der Waals surface area contributed by atoms with Gasteiger partial charge in [-0.25, -0.2) is 4.98 Å². The maximum Gasteiger partial charge on any atom is 0.300 e. The van der Waals surface area contributed by atoms with Crippen LogP contribution in [-0.4, -0.2) is 87.9 Å². The number of hydrogen-bond acceptors (Lipinski definition) is 9. The maximum atomic E-state index is 14.0. The van der Waals surface area contributed by atoms with Crippen LogP contribution in [0.15, 0.2) is 53.5 Å². The minimum Gasteiger partial charge on any atom is -0.392 e. The van der Waals surface area contributed by atoms with Gasteiger partial charge in [-0.3, -0.25) is 19.3 Å². The van der Waals surface area contributed by atoms with Crippen molar-refractivity contribution in [2.24, 2.45) is 12.5 Å². The number of carbonyl (C=O) groups is 2. The Bertz CT molecular complexity index is 2270. The van der Waals surface area contributed by atoms with E-state index >= 15 is 0 Å². The molecule has 1 aliphatic carbocycles. The second kappa shape index (κ2) is 14.1. The van der Waals surface area contributed by atoms with Gasteiger partial charge in [0.15, 0.2) is 5.82 Å². The standard InChI is InChI=1S/C41H46N8O5/c1-5-7-37(51)43-31-19-27(10-11-34(31)47-14-12-46(13-15-47)28-24-54-25-28)42-38-40(53)45(4)22-32(44-38)29-8-6-9-33(30(29)23-50)49-17-16-48-35(39(49)52)18-26-20-41(2,3)21-36(26)48/h6,8-11,18-19,22,28,50H,12-17,20-21,23-25H2,1-4H3,(H,42,44)(H,43,51). The molecule has 0 unspecified atom stereocenters. The highest BCUT2D eigenvalue weighted by Crippen LogP contribution is 2.40. The minimum atomic E-state index is -0.429. The van der Waals surface area contributed by atoms with Crippen LogP contribution in [0.4, 0.5) is 28.6 Å². The number of aliphatic hydroxyl groups is 1. The Labute approximate surface area is 314 Å². The predicted octanol–water partition coefficient (Wildman–Crippen LogP) is 3.75. The minimum absolute atomic E-state index is 0.0725. The number of amides is 2. The summed E-state index contributed by atoms with van der Waals surface area (Å²) < 4.78 is 9.00. The Kier molecular flexibility index (Phi) is 9.29. The van der Waals surface area contributed by atoms with Gasteiger partial charge in [-0.1, -0.05) is 31.9 Å². The third kappa shape index (κ3) is 6.55. The quantitative estimate of drug-likeness (QED) is 0.232. The van der Waals surface area contributed by atoms with Crippen molar-refractivity contribution in [2.75, 3.05) is 66.4 Å². The highest BCUT2D eigenvalue weighted by Gasteiger charge is 2.37. The van der Waals surface area contributed by atoms with Gasteiger partial charge < -0.3 is 39.4 Å².